The van der Waals surface area contributed by atoms with E-state index < -0.39 is 35.4 Å². The Morgan fingerprint density at radius 1 is 0.883 bits per heavy atom. The van der Waals surface area contributed by atoms with Crippen LogP contribution in [-0.4, -0.2) is 168 Å². The number of aryl methyl sites for hydroxylation is 1. The number of ether oxygens (including phenoxy) is 2. The molecule has 5 N–H and O–H groups in total. The number of aliphatic hydroxyl groups excluding tert-OH is 1. The van der Waals surface area contributed by atoms with Crippen LogP contribution in [0.3, 0.4) is 0 Å². The number of hydrogen-bond acceptors (Lipinski definition) is 15. The Hall–Kier alpha value is -5.77. The highest BCUT2D eigenvalue weighted by atomic mass is 32.1. The van der Waals surface area contributed by atoms with Gasteiger partial charge in [0.25, 0.3) is 5.92 Å². The smallest absolute Gasteiger partial charge is 0.251 e. The number of β-amino-alcohol motifs (C(OH)–C–C–N with tert-alkyl or cyclic N) is 1. The van der Waals surface area contributed by atoms with Gasteiger partial charge >= 0.3 is 0 Å². The minimum atomic E-state index is -2.70. The van der Waals surface area contributed by atoms with Crippen molar-refractivity contribution in [3.05, 3.63) is 53.2 Å². The quantitative estimate of drug-likeness (QED) is 0.0501. The lowest BCUT2D eigenvalue weighted by Gasteiger charge is -2.35. The first-order valence-corrected chi connectivity index (χ1v) is 28.5. The SMILES string of the molecule is COc1cc2c(NC3CCN(CCCC(=O)NCCCC(=O)N[C@H](C(=O)N4C[C@H](O)C[C@H]4C(=O)NCc4ccc(-c5scnc5C)cc4)C(C)(C)C)CC3)nc(N3CCC(F)(F)CC3)nc2cc1OCCCN1CCCC1. The van der Waals surface area contributed by atoms with Gasteiger partial charge in [-0.1, -0.05) is 45.0 Å². The molecule has 0 unspecified atom stereocenters. The molecule has 0 spiro atoms. The van der Waals surface area contributed by atoms with Crippen LogP contribution in [0.25, 0.3) is 21.3 Å². The number of fused-ring (bicyclic) bond motifs is 1. The highest BCUT2D eigenvalue weighted by molar-refractivity contribution is 7.13. The highest BCUT2D eigenvalue weighted by Gasteiger charge is 2.44. The summed E-state index contributed by atoms with van der Waals surface area (Å²) >= 11 is 1.57. The molecule has 420 valence electrons. The van der Waals surface area contributed by atoms with Crippen LogP contribution in [0.15, 0.2) is 41.9 Å². The summed E-state index contributed by atoms with van der Waals surface area (Å²) in [7, 11) is 1.61. The summed E-state index contributed by atoms with van der Waals surface area (Å²) in [5.74, 6) is -1.74. The average Bonchev–Trinajstić information content (AvgIpc) is 4.19. The van der Waals surface area contributed by atoms with Crippen molar-refractivity contribution in [2.75, 3.05) is 89.4 Å². The molecule has 4 amide bonds. The molecule has 0 saturated carbocycles. The number of likely N-dealkylation sites (tertiary alicyclic amines) is 3. The topological polar surface area (TPSA) is 207 Å². The van der Waals surface area contributed by atoms with Gasteiger partial charge in [0.15, 0.2) is 11.5 Å². The molecule has 21 heteroatoms. The van der Waals surface area contributed by atoms with Gasteiger partial charge in [-0.15, -0.1) is 11.3 Å². The van der Waals surface area contributed by atoms with E-state index in [1.165, 1.54) is 17.7 Å². The molecule has 2 aromatic heterocycles. The number of rotatable bonds is 23. The molecule has 3 atom stereocenters. The Balaban J connectivity index is 0.757. The number of carbonyl (C=O) groups is 4. The van der Waals surface area contributed by atoms with Crippen molar-refractivity contribution in [3.63, 3.8) is 0 Å². The maximum absolute atomic E-state index is 14.2. The zero-order valence-electron chi connectivity index (χ0n) is 45.5. The van der Waals surface area contributed by atoms with E-state index in [0.29, 0.717) is 61.2 Å². The zero-order valence-corrected chi connectivity index (χ0v) is 46.3. The van der Waals surface area contributed by atoms with Gasteiger partial charge in [-0.25, -0.2) is 18.7 Å². The number of anilines is 2. The average molecular weight is 1090 g/mol. The molecule has 77 heavy (non-hydrogen) atoms. The van der Waals surface area contributed by atoms with E-state index in [9.17, 15) is 33.1 Å². The van der Waals surface area contributed by atoms with E-state index in [1.807, 2.05) is 74.5 Å². The fourth-order valence-corrected chi connectivity index (χ4v) is 11.5. The number of amides is 4. The summed E-state index contributed by atoms with van der Waals surface area (Å²) in [4.78, 5) is 77.0. The monoisotopic (exact) mass is 1090 g/mol. The Labute approximate surface area is 455 Å². The first-order chi connectivity index (χ1) is 36.9. The Morgan fingerprint density at radius 3 is 2.27 bits per heavy atom. The van der Waals surface area contributed by atoms with Crippen molar-refractivity contribution >= 4 is 57.6 Å². The lowest BCUT2D eigenvalue weighted by atomic mass is 9.85. The molecular weight excluding hydrogens is 1010 g/mol. The molecular formula is C56H79F2N11O7S. The van der Waals surface area contributed by atoms with Gasteiger partial charge in [-0.2, -0.15) is 4.98 Å². The van der Waals surface area contributed by atoms with Crippen LogP contribution < -0.4 is 35.6 Å². The van der Waals surface area contributed by atoms with Gasteiger partial charge in [-0.05, 0) is 94.1 Å². The molecule has 6 heterocycles. The summed E-state index contributed by atoms with van der Waals surface area (Å²) in [6.45, 7) is 14.5. The largest absolute Gasteiger partial charge is 0.493 e. The minimum absolute atomic E-state index is 0.0191. The molecule has 0 radical (unpaired) electrons. The third kappa shape index (κ3) is 15.7. The van der Waals surface area contributed by atoms with Gasteiger partial charge in [0.05, 0.1) is 41.4 Å². The second-order valence-corrected chi connectivity index (χ2v) is 23.1. The normalized spacial score (nSPS) is 19.8. The summed E-state index contributed by atoms with van der Waals surface area (Å²) in [5, 5.41) is 23.8. The van der Waals surface area contributed by atoms with Crippen molar-refractivity contribution in [3.8, 4) is 21.9 Å². The van der Waals surface area contributed by atoms with E-state index in [2.05, 4.69) is 36.1 Å². The van der Waals surface area contributed by atoms with E-state index in [4.69, 9.17) is 19.4 Å². The van der Waals surface area contributed by atoms with Crippen molar-refractivity contribution in [1.29, 1.82) is 0 Å². The Bertz CT molecular complexity index is 2630. The number of carbonyl (C=O) groups excluding carboxylic acids is 4. The van der Waals surface area contributed by atoms with Crippen LogP contribution in [0, 0.1) is 12.3 Å². The van der Waals surface area contributed by atoms with Gasteiger partial charge in [0, 0.05) is 102 Å². The standard InChI is InChI=1S/C56H79F2N11O7S/c1-37-49(77-36-61-37)39-15-13-38(14-16-39)34-60-52(73)44-31-41(70)35-69(44)53(74)50(55(2,3)4)64-48(72)11-8-21-59-47(71)12-9-24-67-26-17-40(18-27-67)62-51-42-32-45(75-5)46(76-30-10-25-66-22-6-7-23-66)33-43(42)63-54(65-51)68-28-19-56(57,58)20-29-68/h13-16,32-33,36,40-41,44,50,70H,6-12,17-31,34-35H2,1-5H3,(H,59,71)(H,60,73)(H,64,72)(H,62,63,65)/t41-,44+,50-/m1/s1. The number of benzene rings is 2. The molecule has 8 rings (SSSR count). The molecule has 4 fully saturated rings. The van der Waals surface area contributed by atoms with Crippen molar-refractivity contribution in [2.24, 2.45) is 5.41 Å². The predicted molar refractivity (Wildman–Crippen MR) is 294 cm³/mol. The van der Waals surface area contributed by atoms with E-state index in [-0.39, 0.29) is 75.6 Å². The fourth-order valence-electron chi connectivity index (χ4n) is 10.7. The number of halogens is 2. The van der Waals surface area contributed by atoms with Crippen LogP contribution in [0.1, 0.15) is 109 Å². The lowest BCUT2D eigenvalue weighted by Crippen LogP contribution is -2.57. The van der Waals surface area contributed by atoms with Crippen LogP contribution in [0.4, 0.5) is 20.5 Å². The second-order valence-electron chi connectivity index (χ2n) is 22.2. The molecule has 4 aliphatic heterocycles. The summed E-state index contributed by atoms with van der Waals surface area (Å²) in [6, 6.07) is 9.90. The molecule has 18 nitrogen and oxygen atoms in total. The first kappa shape index (κ1) is 57.4. The van der Waals surface area contributed by atoms with Crippen LogP contribution in [-0.2, 0) is 25.7 Å². The lowest BCUT2D eigenvalue weighted by molar-refractivity contribution is -0.144. The molecule has 0 bridgehead atoms. The predicted octanol–water partition coefficient (Wildman–Crippen LogP) is 6.53. The summed E-state index contributed by atoms with van der Waals surface area (Å²) in [6.07, 6.45) is 5.21. The van der Waals surface area contributed by atoms with Crippen LogP contribution in [0.2, 0.25) is 0 Å². The third-order valence-corrected chi connectivity index (χ3v) is 16.2. The van der Waals surface area contributed by atoms with Gasteiger partial charge in [0.2, 0.25) is 29.6 Å². The van der Waals surface area contributed by atoms with Gasteiger partial charge in [-0.3, -0.25) is 19.2 Å². The van der Waals surface area contributed by atoms with E-state index >= 15 is 0 Å². The third-order valence-electron chi connectivity index (χ3n) is 15.2. The maximum atomic E-state index is 14.2. The first-order valence-electron chi connectivity index (χ1n) is 27.6. The van der Waals surface area contributed by atoms with Crippen molar-refractivity contribution < 1.29 is 42.5 Å². The Morgan fingerprint density at radius 2 is 1.58 bits per heavy atom. The van der Waals surface area contributed by atoms with Gasteiger partial charge in [0.1, 0.15) is 17.9 Å². The van der Waals surface area contributed by atoms with Crippen LogP contribution >= 0.6 is 11.3 Å². The number of methoxy groups -OCH3 is 1. The Kier molecular flexibility index (Phi) is 19.6. The number of thiazole rings is 1. The second kappa shape index (κ2) is 26.3. The number of alkyl halides is 2. The molecule has 4 saturated heterocycles. The number of aliphatic hydroxyl groups is 1. The van der Waals surface area contributed by atoms with Crippen LogP contribution in [0.5, 0.6) is 11.5 Å². The maximum Gasteiger partial charge on any atom is 0.251 e. The molecule has 4 aliphatic rings. The van der Waals surface area contributed by atoms with Crippen molar-refractivity contribution in [1.82, 2.24) is 45.6 Å². The number of hydrogen-bond donors (Lipinski definition) is 5. The molecule has 0 aliphatic carbocycles. The summed E-state index contributed by atoms with van der Waals surface area (Å²) in [5.41, 5.74) is 4.66. The molecule has 4 aromatic rings. The van der Waals surface area contributed by atoms with Crippen molar-refractivity contribution in [2.45, 2.75) is 141 Å². The van der Waals surface area contributed by atoms with E-state index in [0.717, 1.165) is 85.6 Å². The highest BCUT2D eigenvalue weighted by Crippen LogP contribution is 2.38. The summed E-state index contributed by atoms with van der Waals surface area (Å²) < 4.78 is 40.4. The van der Waals surface area contributed by atoms with Gasteiger partial charge < -0.3 is 55.4 Å². The number of aromatic nitrogens is 3. The zero-order chi connectivity index (χ0) is 54.7. The molecule has 2 aromatic carbocycles. The number of nitrogens with one attached hydrogen (secondary N) is 4. The number of piperidine rings is 2. The van der Waals surface area contributed by atoms with E-state index in [1.54, 1.807) is 18.4 Å². The fraction of sp³-hybridized carbons (Fsp3) is 0.625. The minimum Gasteiger partial charge on any atom is -0.493 e. The number of nitrogens with zero attached hydrogens (tertiary/aromatic N) is 7.